The van der Waals surface area contributed by atoms with E-state index >= 15 is 0 Å². The summed E-state index contributed by atoms with van der Waals surface area (Å²) in [7, 11) is 0. The summed E-state index contributed by atoms with van der Waals surface area (Å²) in [5.41, 5.74) is 4.98. The lowest BCUT2D eigenvalue weighted by Crippen LogP contribution is -2.42. The van der Waals surface area contributed by atoms with Crippen LogP contribution in [-0.4, -0.2) is 12.9 Å². The molecule has 2 saturated carbocycles. The van der Waals surface area contributed by atoms with Crippen molar-refractivity contribution in [3.8, 4) is 5.75 Å². The number of hydrogen-bond donors (Lipinski definition) is 0. The molecule has 0 spiro atoms. The van der Waals surface area contributed by atoms with E-state index in [-0.39, 0.29) is 0 Å². The minimum absolute atomic E-state index is 0.399. The topological polar surface area (TPSA) is 26.3 Å². The molecule has 0 aromatic heterocycles. The van der Waals surface area contributed by atoms with E-state index in [1.165, 1.54) is 56.8 Å². The van der Waals surface area contributed by atoms with Gasteiger partial charge in [-0.1, -0.05) is 33.3 Å². The van der Waals surface area contributed by atoms with E-state index in [1.54, 1.807) is 11.1 Å². The first kappa shape index (κ1) is 20.0. The van der Waals surface area contributed by atoms with Gasteiger partial charge in [0.15, 0.2) is 0 Å². The average molecular weight is 383 g/mol. The first-order chi connectivity index (χ1) is 13.6. The molecule has 3 aliphatic carbocycles. The number of ether oxygens (including phenoxy) is 1. The van der Waals surface area contributed by atoms with Gasteiger partial charge in [-0.25, -0.2) is 0 Å². The van der Waals surface area contributed by atoms with E-state index in [9.17, 15) is 4.79 Å². The maximum absolute atomic E-state index is 11.2. The minimum Gasteiger partial charge on any atom is -0.493 e. The molecule has 1 aromatic rings. The van der Waals surface area contributed by atoms with E-state index in [4.69, 9.17) is 4.74 Å². The Bertz CT molecular complexity index is 709. The number of carbonyl (C=O) groups excluding carboxylic acids is 1. The number of aldehydes is 1. The Labute approximate surface area is 171 Å². The molecule has 3 unspecified atom stereocenters. The SMILES string of the molecule is CCCCOc1cc2c(cc1CC)C1CC[C@@]3(C)C(CC[C@@H]3CC=O)C1CC2. The summed E-state index contributed by atoms with van der Waals surface area (Å²) in [4.78, 5) is 11.2. The van der Waals surface area contributed by atoms with E-state index < -0.39 is 0 Å². The van der Waals surface area contributed by atoms with Crippen LogP contribution in [0.2, 0.25) is 0 Å². The zero-order valence-electron chi connectivity index (χ0n) is 18.1. The van der Waals surface area contributed by atoms with E-state index in [2.05, 4.69) is 32.9 Å². The Morgan fingerprint density at radius 3 is 2.79 bits per heavy atom. The number of carbonyl (C=O) groups is 1. The van der Waals surface area contributed by atoms with Gasteiger partial charge in [0, 0.05) is 6.42 Å². The molecule has 2 nitrogen and oxygen atoms in total. The Kier molecular flexibility index (Phi) is 5.86. The first-order valence-corrected chi connectivity index (χ1v) is 11.8. The Balaban J connectivity index is 1.59. The molecule has 2 heteroatoms. The van der Waals surface area contributed by atoms with E-state index in [0.717, 1.165) is 49.4 Å². The summed E-state index contributed by atoms with van der Waals surface area (Å²) in [5, 5.41) is 0. The molecule has 0 saturated heterocycles. The van der Waals surface area contributed by atoms with Crippen molar-refractivity contribution in [2.45, 2.75) is 90.9 Å². The van der Waals surface area contributed by atoms with Gasteiger partial charge < -0.3 is 9.53 Å². The molecule has 154 valence electrons. The van der Waals surface area contributed by atoms with Gasteiger partial charge in [0.05, 0.1) is 6.61 Å². The molecule has 1 aromatic carbocycles. The number of rotatable bonds is 7. The predicted molar refractivity (Wildman–Crippen MR) is 115 cm³/mol. The van der Waals surface area contributed by atoms with Gasteiger partial charge in [-0.15, -0.1) is 0 Å². The van der Waals surface area contributed by atoms with Crippen LogP contribution in [0.15, 0.2) is 12.1 Å². The second-order valence-corrected chi connectivity index (χ2v) is 9.85. The Hall–Kier alpha value is -1.31. The fourth-order valence-electron chi connectivity index (χ4n) is 7.00. The van der Waals surface area contributed by atoms with E-state index in [1.807, 2.05) is 0 Å². The number of aryl methyl sites for hydroxylation is 2. The molecular weight excluding hydrogens is 344 g/mol. The lowest BCUT2D eigenvalue weighted by molar-refractivity contribution is -0.109. The van der Waals surface area contributed by atoms with E-state index in [0.29, 0.717) is 11.3 Å². The summed E-state index contributed by atoms with van der Waals surface area (Å²) in [6.07, 6.45) is 13.1. The summed E-state index contributed by atoms with van der Waals surface area (Å²) in [6, 6.07) is 4.89. The van der Waals surface area contributed by atoms with Gasteiger partial charge in [0.25, 0.3) is 0 Å². The van der Waals surface area contributed by atoms with Gasteiger partial charge >= 0.3 is 0 Å². The van der Waals surface area contributed by atoms with Gasteiger partial charge in [0.2, 0.25) is 0 Å². The molecule has 0 heterocycles. The fraction of sp³-hybridized carbons (Fsp3) is 0.731. The van der Waals surface area contributed by atoms with Crippen LogP contribution in [-0.2, 0) is 17.6 Å². The molecule has 28 heavy (non-hydrogen) atoms. The monoisotopic (exact) mass is 382 g/mol. The van der Waals surface area contributed by atoms with Crippen LogP contribution in [0.3, 0.4) is 0 Å². The average Bonchev–Trinajstić information content (AvgIpc) is 3.04. The molecule has 5 atom stereocenters. The zero-order chi connectivity index (χ0) is 19.7. The molecule has 0 aliphatic heterocycles. The summed E-state index contributed by atoms with van der Waals surface area (Å²) >= 11 is 0. The van der Waals surface area contributed by atoms with Crippen molar-refractivity contribution in [2.75, 3.05) is 6.61 Å². The zero-order valence-corrected chi connectivity index (χ0v) is 18.1. The summed E-state index contributed by atoms with van der Waals surface area (Å²) in [5.74, 6) is 4.12. The predicted octanol–water partition coefficient (Wildman–Crippen LogP) is 6.49. The normalized spacial score (nSPS) is 33.7. The smallest absolute Gasteiger partial charge is 0.122 e. The van der Waals surface area contributed by atoms with Crippen LogP contribution in [0.1, 0.15) is 94.7 Å². The second-order valence-electron chi connectivity index (χ2n) is 9.85. The molecular formula is C26H38O2. The van der Waals surface area contributed by atoms with Crippen LogP contribution < -0.4 is 4.74 Å². The quantitative estimate of drug-likeness (QED) is 0.398. The van der Waals surface area contributed by atoms with Crippen molar-refractivity contribution in [1.82, 2.24) is 0 Å². The third kappa shape index (κ3) is 3.31. The number of unbranched alkanes of at least 4 members (excludes halogenated alkanes) is 1. The number of fused-ring (bicyclic) bond motifs is 5. The van der Waals surface area contributed by atoms with Gasteiger partial charge in [-0.05, 0) is 103 Å². The maximum Gasteiger partial charge on any atom is 0.122 e. The summed E-state index contributed by atoms with van der Waals surface area (Å²) < 4.78 is 6.16. The van der Waals surface area contributed by atoms with Crippen LogP contribution in [0.25, 0.3) is 0 Å². The largest absolute Gasteiger partial charge is 0.493 e. The van der Waals surface area contributed by atoms with Gasteiger partial charge in [-0.2, -0.15) is 0 Å². The Morgan fingerprint density at radius 1 is 1.18 bits per heavy atom. The van der Waals surface area contributed by atoms with Crippen molar-refractivity contribution in [3.05, 3.63) is 28.8 Å². The third-order valence-electron chi connectivity index (χ3n) is 8.62. The van der Waals surface area contributed by atoms with Crippen molar-refractivity contribution in [1.29, 1.82) is 0 Å². The highest BCUT2D eigenvalue weighted by Crippen LogP contribution is 2.63. The first-order valence-electron chi connectivity index (χ1n) is 11.8. The second kappa shape index (κ2) is 8.20. The lowest BCUT2D eigenvalue weighted by Gasteiger charge is -2.51. The third-order valence-corrected chi connectivity index (χ3v) is 8.62. The number of benzene rings is 1. The van der Waals surface area contributed by atoms with Crippen molar-refractivity contribution >= 4 is 6.29 Å². The fourth-order valence-corrected chi connectivity index (χ4v) is 7.00. The molecule has 0 N–H and O–H groups in total. The minimum atomic E-state index is 0.399. The van der Waals surface area contributed by atoms with Crippen molar-refractivity contribution in [2.24, 2.45) is 23.2 Å². The van der Waals surface area contributed by atoms with Gasteiger partial charge in [0.1, 0.15) is 12.0 Å². The molecule has 2 fully saturated rings. The lowest BCUT2D eigenvalue weighted by atomic mass is 9.54. The summed E-state index contributed by atoms with van der Waals surface area (Å²) in [6.45, 7) is 7.82. The maximum atomic E-state index is 11.2. The molecule has 0 radical (unpaired) electrons. The highest BCUT2D eigenvalue weighted by molar-refractivity contribution is 5.50. The van der Waals surface area contributed by atoms with Crippen molar-refractivity contribution < 1.29 is 9.53 Å². The molecule has 4 rings (SSSR count). The molecule has 0 amide bonds. The van der Waals surface area contributed by atoms with Crippen LogP contribution in [0.4, 0.5) is 0 Å². The number of hydrogen-bond acceptors (Lipinski definition) is 2. The highest BCUT2D eigenvalue weighted by Gasteiger charge is 2.54. The van der Waals surface area contributed by atoms with Gasteiger partial charge in [-0.3, -0.25) is 0 Å². The van der Waals surface area contributed by atoms with Crippen LogP contribution in [0.5, 0.6) is 5.75 Å². The van der Waals surface area contributed by atoms with Crippen molar-refractivity contribution in [3.63, 3.8) is 0 Å². The molecule has 3 aliphatic rings. The van der Waals surface area contributed by atoms with Crippen LogP contribution in [0, 0.1) is 23.2 Å². The highest BCUT2D eigenvalue weighted by atomic mass is 16.5. The standard InChI is InChI=1S/C26H38O2/c1-4-6-15-28-25-17-19-7-9-22-21(23(19)16-18(25)5-2)11-13-26(3)20(12-14-27)8-10-24(22)26/h14,16-17,20-22,24H,4-13,15H2,1-3H3/t20-,21?,22?,24?,26-/m1/s1. The molecule has 0 bridgehead atoms. The Morgan fingerprint density at radius 2 is 2.04 bits per heavy atom. The van der Waals surface area contributed by atoms with Crippen LogP contribution >= 0.6 is 0 Å².